The van der Waals surface area contributed by atoms with E-state index in [0.29, 0.717) is 6.10 Å². The Kier molecular flexibility index (Phi) is 6.35. The standard InChI is InChI=1S/C9H18O/c1-4-7-9(8-5-2)10-6-3/h6,9H,3-5,7-8H2,1-2H3. The van der Waals surface area contributed by atoms with Gasteiger partial charge >= 0.3 is 0 Å². The van der Waals surface area contributed by atoms with Crippen LogP contribution in [-0.4, -0.2) is 6.10 Å². The number of rotatable bonds is 6. The molecule has 0 aromatic heterocycles. The van der Waals surface area contributed by atoms with Crippen LogP contribution >= 0.6 is 0 Å². The molecule has 0 bridgehead atoms. The van der Waals surface area contributed by atoms with Gasteiger partial charge in [-0.1, -0.05) is 33.3 Å². The van der Waals surface area contributed by atoms with Gasteiger partial charge in [-0.05, 0) is 12.8 Å². The molecule has 0 saturated carbocycles. The predicted octanol–water partition coefficient (Wildman–Crippen LogP) is 3.12. The lowest BCUT2D eigenvalue weighted by Crippen LogP contribution is -2.07. The zero-order valence-corrected chi connectivity index (χ0v) is 7.10. The summed E-state index contributed by atoms with van der Waals surface area (Å²) in [6.45, 7) is 7.89. The zero-order chi connectivity index (χ0) is 7.82. The van der Waals surface area contributed by atoms with Gasteiger partial charge in [0, 0.05) is 0 Å². The molecule has 0 aliphatic heterocycles. The first kappa shape index (κ1) is 9.54. The van der Waals surface area contributed by atoms with E-state index >= 15 is 0 Å². The molecule has 0 rings (SSSR count). The summed E-state index contributed by atoms with van der Waals surface area (Å²) in [6, 6.07) is 0. The first-order chi connectivity index (χ1) is 4.85. The van der Waals surface area contributed by atoms with Crippen LogP contribution in [0.5, 0.6) is 0 Å². The van der Waals surface area contributed by atoms with Crippen LogP contribution in [0.15, 0.2) is 12.8 Å². The van der Waals surface area contributed by atoms with Crippen molar-refractivity contribution in [1.29, 1.82) is 0 Å². The summed E-state index contributed by atoms with van der Waals surface area (Å²) in [5, 5.41) is 0. The fourth-order valence-electron chi connectivity index (χ4n) is 1.06. The second kappa shape index (κ2) is 6.66. The third-order valence-electron chi connectivity index (χ3n) is 1.51. The highest BCUT2D eigenvalue weighted by molar-refractivity contribution is 4.61. The molecule has 0 saturated heterocycles. The Labute approximate surface area is 64.1 Å². The Balaban J connectivity index is 3.38. The van der Waals surface area contributed by atoms with Crippen molar-refractivity contribution >= 4 is 0 Å². The van der Waals surface area contributed by atoms with Crippen LogP contribution in [0.1, 0.15) is 39.5 Å². The molecule has 1 nitrogen and oxygen atoms in total. The fraction of sp³-hybridized carbons (Fsp3) is 0.778. The highest BCUT2D eigenvalue weighted by atomic mass is 16.5. The van der Waals surface area contributed by atoms with E-state index in [1.54, 1.807) is 6.26 Å². The molecule has 10 heavy (non-hydrogen) atoms. The van der Waals surface area contributed by atoms with Crippen LogP contribution < -0.4 is 0 Å². The summed E-state index contributed by atoms with van der Waals surface area (Å²) >= 11 is 0. The van der Waals surface area contributed by atoms with E-state index in [1.165, 1.54) is 12.8 Å². The van der Waals surface area contributed by atoms with Gasteiger partial charge in [-0.25, -0.2) is 0 Å². The van der Waals surface area contributed by atoms with Crippen molar-refractivity contribution in [3.05, 3.63) is 12.8 Å². The SMILES string of the molecule is C=COC(CCC)CCC. The van der Waals surface area contributed by atoms with Crippen molar-refractivity contribution in [2.75, 3.05) is 0 Å². The molecular formula is C9H18O. The van der Waals surface area contributed by atoms with Crippen molar-refractivity contribution < 1.29 is 4.74 Å². The largest absolute Gasteiger partial charge is 0.499 e. The van der Waals surface area contributed by atoms with E-state index in [0.717, 1.165) is 12.8 Å². The molecule has 0 aliphatic carbocycles. The highest BCUT2D eigenvalue weighted by Gasteiger charge is 2.03. The van der Waals surface area contributed by atoms with Crippen molar-refractivity contribution in [2.24, 2.45) is 0 Å². The molecule has 0 amide bonds. The Morgan fingerprint density at radius 2 is 1.80 bits per heavy atom. The van der Waals surface area contributed by atoms with Crippen LogP contribution in [0, 0.1) is 0 Å². The summed E-state index contributed by atoms with van der Waals surface area (Å²) < 4.78 is 5.29. The second-order valence-electron chi connectivity index (χ2n) is 2.50. The van der Waals surface area contributed by atoms with Gasteiger partial charge in [0.1, 0.15) is 0 Å². The summed E-state index contributed by atoms with van der Waals surface area (Å²) in [7, 11) is 0. The van der Waals surface area contributed by atoms with Gasteiger partial charge in [0.05, 0.1) is 12.4 Å². The summed E-state index contributed by atoms with van der Waals surface area (Å²) in [5.41, 5.74) is 0. The number of hydrogen-bond donors (Lipinski definition) is 0. The van der Waals surface area contributed by atoms with Gasteiger partial charge < -0.3 is 4.74 Å². The molecule has 60 valence electrons. The maximum Gasteiger partial charge on any atom is 0.0977 e. The van der Waals surface area contributed by atoms with Crippen LogP contribution in [0.25, 0.3) is 0 Å². The molecule has 0 radical (unpaired) electrons. The van der Waals surface area contributed by atoms with E-state index in [2.05, 4.69) is 20.4 Å². The topological polar surface area (TPSA) is 9.23 Å². The summed E-state index contributed by atoms with van der Waals surface area (Å²) in [4.78, 5) is 0. The fourth-order valence-corrected chi connectivity index (χ4v) is 1.06. The Bertz CT molecular complexity index is 72.8. The van der Waals surface area contributed by atoms with Gasteiger partial charge in [0.25, 0.3) is 0 Å². The van der Waals surface area contributed by atoms with Crippen LogP contribution in [0.3, 0.4) is 0 Å². The average molecular weight is 142 g/mol. The van der Waals surface area contributed by atoms with Crippen molar-refractivity contribution in [1.82, 2.24) is 0 Å². The monoisotopic (exact) mass is 142 g/mol. The molecular weight excluding hydrogens is 124 g/mol. The summed E-state index contributed by atoms with van der Waals surface area (Å²) in [6.07, 6.45) is 6.65. The van der Waals surface area contributed by atoms with E-state index in [-0.39, 0.29) is 0 Å². The van der Waals surface area contributed by atoms with Crippen molar-refractivity contribution in [2.45, 2.75) is 45.6 Å². The lowest BCUT2D eigenvalue weighted by Gasteiger charge is -2.13. The Morgan fingerprint density at radius 3 is 2.10 bits per heavy atom. The van der Waals surface area contributed by atoms with E-state index in [9.17, 15) is 0 Å². The molecule has 0 N–H and O–H groups in total. The normalized spacial score (nSPS) is 9.90. The maximum atomic E-state index is 5.29. The smallest absolute Gasteiger partial charge is 0.0977 e. The molecule has 0 atom stereocenters. The van der Waals surface area contributed by atoms with Crippen molar-refractivity contribution in [3.8, 4) is 0 Å². The van der Waals surface area contributed by atoms with E-state index in [1.807, 2.05) is 0 Å². The number of hydrogen-bond acceptors (Lipinski definition) is 1. The first-order valence-corrected chi connectivity index (χ1v) is 4.11. The van der Waals surface area contributed by atoms with Crippen LogP contribution in [0.4, 0.5) is 0 Å². The average Bonchev–Trinajstić information content (AvgIpc) is 1.90. The second-order valence-corrected chi connectivity index (χ2v) is 2.50. The van der Waals surface area contributed by atoms with Crippen LogP contribution in [-0.2, 0) is 4.74 Å². The number of ether oxygens (including phenoxy) is 1. The molecule has 0 aromatic rings. The zero-order valence-electron chi connectivity index (χ0n) is 7.10. The predicted molar refractivity (Wildman–Crippen MR) is 44.9 cm³/mol. The maximum absolute atomic E-state index is 5.29. The van der Waals surface area contributed by atoms with Gasteiger partial charge in [-0.2, -0.15) is 0 Å². The molecule has 0 spiro atoms. The molecule has 0 aromatic carbocycles. The molecule has 0 aliphatic rings. The Morgan fingerprint density at radius 1 is 1.30 bits per heavy atom. The third kappa shape index (κ3) is 4.42. The molecule has 1 heteroatoms. The third-order valence-corrected chi connectivity index (χ3v) is 1.51. The van der Waals surface area contributed by atoms with Gasteiger partial charge in [-0.15, -0.1) is 0 Å². The minimum atomic E-state index is 0.410. The Hall–Kier alpha value is -0.460. The lowest BCUT2D eigenvalue weighted by molar-refractivity contribution is 0.126. The van der Waals surface area contributed by atoms with E-state index in [4.69, 9.17) is 4.74 Å². The van der Waals surface area contributed by atoms with Gasteiger partial charge in [-0.3, -0.25) is 0 Å². The minimum Gasteiger partial charge on any atom is -0.499 e. The van der Waals surface area contributed by atoms with E-state index < -0.39 is 0 Å². The van der Waals surface area contributed by atoms with Crippen LogP contribution in [0.2, 0.25) is 0 Å². The molecule has 0 fully saturated rings. The van der Waals surface area contributed by atoms with Crippen molar-refractivity contribution in [3.63, 3.8) is 0 Å². The van der Waals surface area contributed by atoms with Gasteiger partial charge in [0.2, 0.25) is 0 Å². The first-order valence-electron chi connectivity index (χ1n) is 4.11. The molecule has 0 heterocycles. The molecule has 0 unspecified atom stereocenters. The quantitative estimate of drug-likeness (QED) is 0.518. The highest BCUT2D eigenvalue weighted by Crippen LogP contribution is 2.08. The van der Waals surface area contributed by atoms with Gasteiger partial charge in [0.15, 0.2) is 0 Å². The minimum absolute atomic E-state index is 0.410. The summed E-state index contributed by atoms with van der Waals surface area (Å²) in [5.74, 6) is 0. The lowest BCUT2D eigenvalue weighted by atomic mass is 10.1.